The van der Waals surface area contributed by atoms with Gasteiger partial charge in [-0.3, -0.25) is 9.79 Å². The van der Waals surface area contributed by atoms with Crippen LogP contribution >= 0.6 is 0 Å². The van der Waals surface area contributed by atoms with E-state index >= 15 is 0 Å². The fourth-order valence-corrected chi connectivity index (χ4v) is 4.18. The molecule has 0 bridgehead atoms. The van der Waals surface area contributed by atoms with Gasteiger partial charge < -0.3 is 19.3 Å². The van der Waals surface area contributed by atoms with E-state index in [2.05, 4.69) is 30.9 Å². The first-order chi connectivity index (χ1) is 17.0. The Bertz CT molecular complexity index is 1250. The highest BCUT2D eigenvalue weighted by molar-refractivity contribution is 6.15. The molecule has 180 valence electrons. The van der Waals surface area contributed by atoms with E-state index < -0.39 is 0 Å². The Balaban J connectivity index is 1.27. The number of piperazine rings is 1. The summed E-state index contributed by atoms with van der Waals surface area (Å²) in [6.45, 7) is 7.06. The van der Waals surface area contributed by atoms with E-state index in [1.54, 1.807) is 4.90 Å². The normalized spacial score (nSPS) is 15.1. The summed E-state index contributed by atoms with van der Waals surface area (Å²) >= 11 is 0. The zero-order valence-electron chi connectivity index (χ0n) is 20.0. The van der Waals surface area contributed by atoms with Crippen LogP contribution in [0.15, 0.2) is 48.0 Å². The number of pyridine rings is 2. The van der Waals surface area contributed by atoms with E-state index in [9.17, 15) is 4.79 Å². The average molecular weight is 474 g/mol. The van der Waals surface area contributed by atoms with Gasteiger partial charge in [-0.1, -0.05) is 0 Å². The monoisotopic (exact) mass is 473 g/mol. The third-order valence-electron chi connectivity index (χ3n) is 5.95. The highest BCUT2D eigenvalue weighted by Crippen LogP contribution is 2.27. The maximum absolute atomic E-state index is 12.8. The molecule has 10 heteroatoms. The summed E-state index contributed by atoms with van der Waals surface area (Å²) in [6.07, 6.45) is 6.61. The summed E-state index contributed by atoms with van der Waals surface area (Å²) in [4.78, 5) is 38.8. The second-order valence-electron chi connectivity index (χ2n) is 8.64. The molecule has 3 aromatic rings. The van der Waals surface area contributed by atoms with Crippen LogP contribution in [0.3, 0.4) is 0 Å². The van der Waals surface area contributed by atoms with Crippen LogP contribution in [0.2, 0.25) is 0 Å². The second-order valence-corrected chi connectivity index (χ2v) is 8.64. The number of ether oxygens (including phenoxy) is 2. The number of hydrogen-bond donors (Lipinski definition) is 0. The standard InChI is InChI=1S/C25H27N7O3/c1-16(2)35-22-11-19-18(12-28-22)13-30-24(19)17-4-5-26-21(10-17)31-6-8-32(9-7-31)25(33)20-14-29-23(34-3)15-27-20/h4-5,10-12,14-16H,6-9,13H2,1-3H3. The van der Waals surface area contributed by atoms with Crippen molar-refractivity contribution in [1.29, 1.82) is 0 Å². The first-order valence-electron chi connectivity index (χ1n) is 11.6. The number of rotatable bonds is 6. The predicted octanol–water partition coefficient (Wildman–Crippen LogP) is 2.38. The number of anilines is 1. The molecule has 0 atom stereocenters. The van der Waals surface area contributed by atoms with Crippen LogP contribution in [0.1, 0.15) is 41.0 Å². The van der Waals surface area contributed by atoms with Gasteiger partial charge in [-0.25, -0.2) is 19.9 Å². The van der Waals surface area contributed by atoms with Crippen molar-refractivity contribution in [3.63, 3.8) is 0 Å². The summed E-state index contributed by atoms with van der Waals surface area (Å²) in [5, 5.41) is 0. The first kappa shape index (κ1) is 22.7. The summed E-state index contributed by atoms with van der Waals surface area (Å²) in [5.74, 6) is 1.71. The van der Waals surface area contributed by atoms with E-state index in [-0.39, 0.29) is 12.0 Å². The lowest BCUT2D eigenvalue weighted by molar-refractivity contribution is 0.0740. The lowest BCUT2D eigenvalue weighted by atomic mass is 10.0. The Morgan fingerprint density at radius 3 is 2.49 bits per heavy atom. The molecule has 35 heavy (non-hydrogen) atoms. The molecule has 2 aliphatic rings. The van der Waals surface area contributed by atoms with Gasteiger partial charge in [0.1, 0.15) is 11.5 Å². The minimum absolute atomic E-state index is 0.0529. The topological polar surface area (TPSA) is 106 Å². The van der Waals surface area contributed by atoms with Gasteiger partial charge in [-0.15, -0.1) is 0 Å². The predicted molar refractivity (Wildman–Crippen MR) is 130 cm³/mol. The molecule has 0 spiro atoms. The fraction of sp³-hybridized carbons (Fsp3) is 0.360. The van der Waals surface area contributed by atoms with E-state index in [0.29, 0.717) is 50.2 Å². The summed E-state index contributed by atoms with van der Waals surface area (Å²) in [6, 6.07) is 6.00. The van der Waals surface area contributed by atoms with Crippen LogP contribution in [0.4, 0.5) is 5.82 Å². The van der Waals surface area contributed by atoms with Crippen molar-refractivity contribution in [3.8, 4) is 11.8 Å². The molecular weight excluding hydrogens is 446 g/mol. The maximum Gasteiger partial charge on any atom is 0.274 e. The fourth-order valence-electron chi connectivity index (χ4n) is 4.18. The first-order valence-corrected chi connectivity index (χ1v) is 11.6. The molecule has 10 nitrogen and oxygen atoms in total. The van der Waals surface area contributed by atoms with Crippen LogP contribution in [-0.2, 0) is 6.54 Å². The van der Waals surface area contributed by atoms with Crippen molar-refractivity contribution in [2.24, 2.45) is 4.99 Å². The van der Waals surface area contributed by atoms with Crippen molar-refractivity contribution >= 4 is 17.4 Å². The van der Waals surface area contributed by atoms with Gasteiger partial charge in [0.15, 0.2) is 0 Å². The van der Waals surface area contributed by atoms with Crippen LogP contribution in [0, 0.1) is 0 Å². The Labute approximate surface area is 203 Å². The molecule has 5 rings (SSSR count). The molecule has 3 aromatic heterocycles. The van der Waals surface area contributed by atoms with Gasteiger partial charge in [-0.05, 0) is 26.0 Å². The molecule has 0 saturated carbocycles. The Morgan fingerprint density at radius 2 is 1.77 bits per heavy atom. The molecule has 1 amide bonds. The van der Waals surface area contributed by atoms with Crippen molar-refractivity contribution in [2.45, 2.75) is 26.5 Å². The summed E-state index contributed by atoms with van der Waals surface area (Å²) < 4.78 is 10.8. The minimum atomic E-state index is -0.133. The van der Waals surface area contributed by atoms with E-state index in [0.717, 1.165) is 28.2 Å². The molecular formula is C25H27N7O3. The molecule has 0 N–H and O–H groups in total. The lowest BCUT2D eigenvalue weighted by Crippen LogP contribution is -2.49. The van der Waals surface area contributed by atoms with Gasteiger partial charge in [0, 0.05) is 61.3 Å². The SMILES string of the molecule is COc1cnc(C(=O)N2CCN(c3cc(C4=NCc5cnc(OC(C)C)cc54)ccn3)CC2)cn1. The van der Waals surface area contributed by atoms with Crippen molar-refractivity contribution in [1.82, 2.24) is 24.8 Å². The molecule has 0 radical (unpaired) electrons. The van der Waals surface area contributed by atoms with E-state index in [1.165, 1.54) is 19.5 Å². The lowest BCUT2D eigenvalue weighted by Gasteiger charge is -2.35. The second kappa shape index (κ2) is 9.65. The van der Waals surface area contributed by atoms with Crippen LogP contribution in [0.25, 0.3) is 0 Å². The van der Waals surface area contributed by atoms with Gasteiger partial charge in [0.25, 0.3) is 5.91 Å². The van der Waals surface area contributed by atoms with Crippen LogP contribution < -0.4 is 14.4 Å². The molecule has 1 fully saturated rings. The number of fused-ring (bicyclic) bond motifs is 1. The van der Waals surface area contributed by atoms with Gasteiger partial charge >= 0.3 is 0 Å². The minimum Gasteiger partial charge on any atom is -0.480 e. The van der Waals surface area contributed by atoms with Gasteiger partial charge in [0.2, 0.25) is 11.8 Å². The average Bonchev–Trinajstić information content (AvgIpc) is 3.31. The number of methoxy groups -OCH3 is 1. The smallest absolute Gasteiger partial charge is 0.274 e. The largest absolute Gasteiger partial charge is 0.480 e. The van der Waals surface area contributed by atoms with Crippen LogP contribution in [0.5, 0.6) is 11.8 Å². The summed E-state index contributed by atoms with van der Waals surface area (Å²) in [5.41, 5.74) is 4.37. The zero-order chi connectivity index (χ0) is 24.4. The molecule has 0 unspecified atom stereocenters. The third-order valence-corrected chi connectivity index (χ3v) is 5.95. The van der Waals surface area contributed by atoms with Gasteiger partial charge in [-0.2, -0.15) is 0 Å². The van der Waals surface area contributed by atoms with Crippen LogP contribution in [-0.4, -0.2) is 75.8 Å². The number of carbonyl (C=O) groups is 1. The number of nitrogens with zero attached hydrogens (tertiary/aromatic N) is 7. The van der Waals surface area contributed by atoms with Gasteiger partial charge in [0.05, 0.1) is 37.9 Å². The van der Waals surface area contributed by atoms with E-state index in [1.807, 2.05) is 38.4 Å². The highest BCUT2D eigenvalue weighted by Gasteiger charge is 2.25. The van der Waals surface area contributed by atoms with Crippen molar-refractivity contribution in [3.05, 3.63) is 65.4 Å². The number of aromatic nitrogens is 4. The van der Waals surface area contributed by atoms with Crippen molar-refractivity contribution in [2.75, 3.05) is 38.2 Å². The number of carbonyl (C=O) groups excluding carboxylic acids is 1. The maximum atomic E-state index is 12.8. The summed E-state index contributed by atoms with van der Waals surface area (Å²) in [7, 11) is 1.52. The molecule has 0 aromatic carbocycles. The molecule has 0 aliphatic carbocycles. The third kappa shape index (κ3) is 4.77. The molecule has 1 saturated heterocycles. The van der Waals surface area contributed by atoms with Crippen molar-refractivity contribution < 1.29 is 14.3 Å². The Morgan fingerprint density at radius 1 is 0.971 bits per heavy atom. The number of hydrogen-bond acceptors (Lipinski definition) is 9. The number of aliphatic imine (C=N–C) groups is 1. The quantitative estimate of drug-likeness (QED) is 0.537. The molecule has 2 aliphatic heterocycles. The van der Waals surface area contributed by atoms with E-state index in [4.69, 9.17) is 14.5 Å². The zero-order valence-corrected chi connectivity index (χ0v) is 20.0. The Hall–Kier alpha value is -4.08. The highest BCUT2D eigenvalue weighted by atomic mass is 16.5. The molecule has 5 heterocycles. The number of amides is 1. The Kier molecular flexibility index (Phi) is 6.26.